The van der Waals surface area contributed by atoms with Crippen LogP contribution in [0.15, 0.2) is 66.4 Å². The van der Waals surface area contributed by atoms with Gasteiger partial charge in [-0.3, -0.25) is 9.69 Å². The van der Waals surface area contributed by atoms with Crippen molar-refractivity contribution in [3.63, 3.8) is 0 Å². The predicted octanol–water partition coefficient (Wildman–Crippen LogP) is 2.27. The van der Waals surface area contributed by atoms with Crippen molar-refractivity contribution in [2.45, 2.75) is 0 Å². The summed E-state index contributed by atoms with van der Waals surface area (Å²) in [5.41, 5.74) is 2.82. The quantitative estimate of drug-likeness (QED) is 0.408. The number of hydrogen-bond donors (Lipinski definition) is 4. The van der Waals surface area contributed by atoms with Gasteiger partial charge in [-0.05, 0) is 36.4 Å². The molecule has 0 bridgehead atoms. The monoisotopic (exact) mass is 390 g/mol. The molecule has 0 atom stereocenters. The van der Waals surface area contributed by atoms with Crippen molar-refractivity contribution in [1.82, 2.24) is 15.5 Å². The van der Waals surface area contributed by atoms with E-state index < -0.39 is 0 Å². The first-order valence-corrected chi connectivity index (χ1v) is 9.75. The Morgan fingerprint density at radius 3 is 2.38 bits per heavy atom. The van der Waals surface area contributed by atoms with Gasteiger partial charge in [0.2, 0.25) is 0 Å². The molecular weight excluding hydrogens is 364 g/mol. The molecule has 2 aromatic rings. The van der Waals surface area contributed by atoms with Crippen molar-refractivity contribution in [3.05, 3.63) is 66.4 Å². The van der Waals surface area contributed by atoms with Gasteiger partial charge < -0.3 is 21.3 Å². The van der Waals surface area contributed by atoms with Crippen LogP contribution in [-0.4, -0.2) is 50.1 Å². The molecule has 1 saturated heterocycles. The molecule has 0 aliphatic carbocycles. The third-order valence-electron chi connectivity index (χ3n) is 4.62. The Balaban J connectivity index is 1.47. The lowest BCUT2D eigenvalue weighted by molar-refractivity contribution is -0.117. The topological polar surface area (TPSA) is 92.2 Å². The number of nitrogens with one attached hydrogen (secondary N) is 4. The normalized spacial score (nSPS) is 14.7. The summed E-state index contributed by atoms with van der Waals surface area (Å²) in [5.74, 6) is -0.363. The number of para-hydroxylation sites is 1. The van der Waals surface area contributed by atoms with Gasteiger partial charge in [0, 0.05) is 62.5 Å². The van der Waals surface area contributed by atoms with E-state index in [1.807, 2.05) is 60.7 Å². The summed E-state index contributed by atoms with van der Waals surface area (Å²) in [4.78, 5) is 14.5. The van der Waals surface area contributed by atoms with Crippen LogP contribution in [0.2, 0.25) is 0 Å². The Labute approximate surface area is 171 Å². The fourth-order valence-corrected chi connectivity index (χ4v) is 3.00. The molecule has 0 saturated carbocycles. The van der Waals surface area contributed by atoms with Crippen LogP contribution < -0.4 is 21.3 Å². The van der Waals surface area contributed by atoms with Crippen LogP contribution in [0, 0.1) is 11.3 Å². The third kappa shape index (κ3) is 6.64. The van der Waals surface area contributed by atoms with Crippen LogP contribution in [-0.2, 0) is 4.79 Å². The fraction of sp³-hybridized carbons (Fsp3) is 0.273. The number of carbonyl (C=O) groups is 1. The van der Waals surface area contributed by atoms with Gasteiger partial charge >= 0.3 is 0 Å². The first-order valence-electron chi connectivity index (χ1n) is 9.75. The maximum absolute atomic E-state index is 12.2. The second-order valence-corrected chi connectivity index (χ2v) is 6.73. The van der Waals surface area contributed by atoms with Crippen molar-refractivity contribution in [2.75, 3.05) is 49.9 Å². The van der Waals surface area contributed by atoms with Gasteiger partial charge in [0.15, 0.2) is 0 Å². The van der Waals surface area contributed by atoms with E-state index in [0.29, 0.717) is 6.54 Å². The van der Waals surface area contributed by atoms with E-state index in [4.69, 9.17) is 0 Å². The molecule has 0 radical (unpaired) electrons. The Morgan fingerprint density at radius 2 is 1.69 bits per heavy atom. The molecule has 1 aliphatic heterocycles. The summed E-state index contributed by atoms with van der Waals surface area (Å²) in [5, 5.41) is 21.7. The highest BCUT2D eigenvalue weighted by Crippen LogP contribution is 2.18. The predicted molar refractivity (Wildman–Crippen MR) is 116 cm³/mol. The van der Waals surface area contributed by atoms with Gasteiger partial charge in [0.1, 0.15) is 11.6 Å². The van der Waals surface area contributed by atoms with E-state index in [1.165, 1.54) is 6.20 Å². The lowest BCUT2D eigenvalue weighted by atomic mass is 10.2. The Bertz CT molecular complexity index is 851. The number of anilines is 3. The highest BCUT2D eigenvalue weighted by atomic mass is 16.1. The standard InChI is InChI=1S/C22H26N6O/c23-16-18(22(29)25-12-15-28-13-10-24-11-14-28)17-26-19-6-8-21(9-7-19)27-20-4-2-1-3-5-20/h1-9,17,24,26-27H,10-15H2,(H,25,29)/b18-17-. The van der Waals surface area contributed by atoms with E-state index in [2.05, 4.69) is 26.2 Å². The highest BCUT2D eigenvalue weighted by Gasteiger charge is 2.11. The summed E-state index contributed by atoms with van der Waals surface area (Å²) >= 11 is 0. The van der Waals surface area contributed by atoms with E-state index in [1.54, 1.807) is 0 Å². The molecule has 3 rings (SSSR count). The molecule has 1 aliphatic rings. The van der Waals surface area contributed by atoms with Gasteiger partial charge in [0.25, 0.3) is 5.91 Å². The van der Waals surface area contributed by atoms with Gasteiger partial charge in [-0.1, -0.05) is 18.2 Å². The minimum atomic E-state index is -0.363. The number of rotatable bonds is 8. The maximum atomic E-state index is 12.2. The molecule has 2 aromatic carbocycles. The van der Waals surface area contributed by atoms with Crippen LogP contribution >= 0.6 is 0 Å². The zero-order chi connectivity index (χ0) is 20.3. The minimum absolute atomic E-state index is 0.0526. The van der Waals surface area contributed by atoms with E-state index >= 15 is 0 Å². The van der Waals surface area contributed by atoms with Crippen LogP contribution in [0.25, 0.3) is 0 Å². The zero-order valence-corrected chi connectivity index (χ0v) is 16.3. The van der Waals surface area contributed by atoms with Gasteiger partial charge in [-0.15, -0.1) is 0 Å². The molecule has 7 nitrogen and oxygen atoms in total. The number of carbonyl (C=O) groups excluding carboxylic acids is 1. The van der Waals surface area contributed by atoms with Crippen LogP contribution in [0.5, 0.6) is 0 Å². The second-order valence-electron chi connectivity index (χ2n) is 6.73. The zero-order valence-electron chi connectivity index (χ0n) is 16.3. The minimum Gasteiger partial charge on any atom is -0.360 e. The molecule has 0 aromatic heterocycles. The maximum Gasteiger partial charge on any atom is 0.263 e. The average Bonchev–Trinajstić information content (AvgIpc) is 2.77. The number of amides is 1. The van der Waals surface area contributed by atoms with Crippen LogP contribution in [0.4, 0.5) is 17.1 Å². The number of hydrogen-bond acceptors (Lipinski definition) is 6. The lowest BCUT2D eigenvalue weighted by Crippen LogP contribution is -2.46. The molecule has 1 fully saturated rings. The number of benzene rings is 2. The van der Waals surface area contributed by atoms with E-state index in [0.717, 1.165) is 49.8 Å². The fourth-order valence-electron chi connectivity index (χ4n) is 3.00. The first kappa shape index (κ1) is 20.4. The van der Waals surface area contributed by atoms with Crippen LogP contribution in [0.3, 0.4) is 0 Å². The van der Waals surface area contributed by atoms with Crippen molar-refractivity contribution in [2.24, 2.45) is 0 Å². The molecule has 150 valence electrons. The first-order chi connectivity index (χ1) is 14.2. The molecule has 29 heavy (non-hydrogen) atoms. The molecule has 1 heterocycles. The summed E-state index contributed by atoms with van der Waals surface area (Å²) < 4.78 is 0. The van der Waals surface area contributed by atoms with Crippen molar-refractivity contribution >= 4 is 23.0 Å². The highest BCUT2D eigenvalue weighted by molar-refractivity contribution is 5.97. The molecule has 7 heteroatoms. The second kappa shape index (κ2) is 10.9. The summed E-state index contributed by atoms with van der Waals surface area (Å²) in [6, 6.07) is 19.5. The Kier molecular flexibility index (Phi) is 7.63. The molecule has 0 spiro atoms. The van der Waals surface area contributed by atoms with Crippen molar-refractivity contribution < 1.29 is 4.79 Å². The smallest absolute Gasteiger partial charge is 0.263 e. The average molecular weight is 390 g/mol. The van der Waals surface area contributed by atoms with Gasteiger partial charge in [0.05, 0.1) is 0 Å². The van der Waals surface area contributed by atoms with E-state index in [9.17, 15) is 10.1 Å². The molecule has 0 unspecified atom stereocenters. The molecular formula is C22H26N6O. The summed E-state index contributed by atoms with van der Waals surface area (Å²) in [6.45, 7) is 5.22. The molecule has 4 N–H and O–H groups in total. The van der Waals surface area contributed by atoms with Gasteiger partial charge in [-0.2, -0.15) is 5.26 Å². The van der Waals surface area contributed by atoms with Crippen LogP contribution in [0.1, 0.15) is 0 Å². The number of nitriles is 1. The number of nitrogens with zero attached hydrogens (tertiary/aromatic N) is 2. The molecule has 1 amide bonds. The summed E-state index contributed by atoms with van der Waals surface area (Å²) in [6.07, 6.45) is 1.44. The summed E-state index contributed by atoms with van der Waals surface area (Å²) in [7, 11) is 0. The largest absolute Gasteiger partial charge is 0.360 e. The van der Waals surface area contributed by atoms with E-state index in [-0.39, 0.29) is 11.5 Å². The third-order valence-corrected chi connectivity index (χ3v) is 4.62. The lowest BCUT2D eigenvalue weighted by Gasteiger charge is -2.27. The van der Waals surface area contributed by atoms with Crippen molar-refractivity contribution in [3.8, 4) is 6.07 Å². The number of piperazine rings is 1. The Morgan fingerprint density at radius 1 is 1.03 bits per heavy atom. The Hall–Kier alpha value is -3.34. The van der Waals surface area contributed by atoms with Crippen molar-refractivity contribution in [1.29, 1.82) is 5.26 Å². The van der Waals surface area contributed by atoms with Gasteiger partial charge in [-0.25, -0.2) is 0 Å². The SMILES string of the molecule is N#C/C(=C/Nc1ccc(Nc2ccccc2)cc1)C(=O)NCCN1CCNCC1.